The van der Waals surface area contributed by atoms with Gasteiger partial charge in [-0.1, -0.05) is 38.5 Å². The van der Waals surface area contributed by atoms with E-state index < -0.39 is 6.04 Å². The molecule has 25 heavy (non-hydrogen) atoms. The van der Waals surface area contributed by atoms with Crippen molar-refractivity contribution in [1.82, 2.24) is 15.5 Å². The maximum Gasteiger partial charge on any atom is 0.318 e. The lowest BCUT2D eigenvalue weighted by Crippen LogP contribution is -2.53. The molecule has 2 rings (SSSR count). The number of likely N-dealkylation sites (tertiary alicyclic amines) is 1. The Hall–Kier alpha value is -2.24. The highest BCUT2D eigenvalue weighted by molar-refractivity contribution is 5.87. The number of urea groups is 1. The average Bonchev–Trinajstić information content (AvgIpc) is 3.18. The van der Waals surface area contributed by atoms with Crippen molar-refractivity contribution in [3.63, 3.8) is 0 Å². The first kappa shape index (κ1) is 19.1. The summed E-state index contributed by atoms with van der Waals surface area (Å²) in [5.74, 6) is 0.640. The van der Waals surface area contributed by atoms with Gasteiger partial charge >= 0.3 is 6.03 Å². The van der Waals surface area contributed by atoms with Gasteiger partial charge in [-0.05, 0) is 24.8 Å². The molecular formula is C19H29N3O3. The lowest BCUT2D eigenvalue weighted by Gasteiger charge is -2.26. The van der Waals surface area contributed by atoms with E-state index in [0.717, 1.165) is 43.7 Å². The number of carbonyl (C=O) groups excluding carboxylic acids is 2. The maximum absolute atomic E-state index is 12.7. The Morgan fingerprint density at radius 2 is 1.92 bits per heavy atom. The first-order valence-electron chi connectivity index (χ1n) is 9.01. The zero-order chi connectivity index (χ0) is 18.2. The van der Waals surface area contributed by atoms with Gasteiger partial charge in [0.25, 0.3) is 0 Å². The molecule has 2 N–H and O–H groups in total. The molecule has 0 unspecified atom stereocenters. The number of nitrogens with one attached hydrogen (secondary N) is 2. The van der Waals surface area contributed by atoms with Crippen molar-refractivity contribution in [2.45, 2.75) is 45.7 Å². The van der Waals surface area contributed by atoms with Gasteiger partial charge in [0.15, 0.2) is 0 Å². The van der Waals surface area contributed by atoms with Crippen LogP contribution in [0.4, 0.5) is 4.79 Å². The molecule has 1 saturated heterocycles. The van der Waals surface area contributed by atoms with Gasteiger partial charge in [0, 0.05) is 25.2 Å². The molecule has 138 valence electrons. The lowest BCUT2D eigenvalue weighted by atomic mass is 9.98. The maximum atomic E-state index is 12.7. The monoisotopic (exact) mass is 347 g/mol. The zero-order valence-corrected chi connectivity index (χ0v) is 15.4. The van der Waals surface area contributed by atoms with Crippen molar-refractivity contribution in [3.8, 4) is 5.75 Å². The number of carbonyl (C=O) groups is 2. The third-order valence-electron chi connectivity index (χ3n) is 4.81. The van der Waals surface area contributed by atoms with Crippen molar-refractivity contribution in [3.05, 3.63) is 29.8 Å². The van der Waals surface area contributed by atoms with Gasteiger partial charge in [0.2, 0.25) is 5.91 Å². The van der Waals surface area contributed by atoms with Gasteiger partial charge in [-0.15, -0.1) is 0 Å². The smallest absolute Gasteiger partial charge is 0.318 e. The molecular weight excluding hydrogens is 318 g/mol. The zero-order valence-electron chi connectivity index (χ0n) is 15.4. The summed E-state index contributed by atoms with van der Waals surface area (Å²) >= 11 is 0. The Morgan fingerprint density at radius 1 is 1.24 bits per heavy atom. The van der Waals surface area contributed by atoms with Crippen LogP contribution < -0.4 is 15.4 Å². The Kier molecular flexibility index (Phi) is 7.10. The van der Waals surface area contributed by atoms with Crippen LogP contribution in [0.15, 0.2) is 24.3 Å². The van der Waals surface area contributed by atoms with E-state index in [1.54, 1.807) is 12.0 Å². The van der Waals surface area contributed by atoms with E-state index in [1.807, 2.05) is 38.1 Å². The van der Waals surface area contributed by atoms with Crippen molar-refractivity contribution in [2.75, 3.05) is 20.2 Å². The molecule has 0 spiro atoms. The van der Waals surface area contributed by atoms with E-state index in [9.17, 15) is 9.59 Å². The van der Waals surface area contributed by atoms with Crippen LogP contribution in [0.5, 0.6) is 5.75 Å². The molecule has 1 aromatic rings. The standard InChI is InChI=1S/C19H29N3O3/c1-4-14(2)17(21-19(24)22-11-7-8-12-22)18(23)20-13-15-9-5-6-10-16(15)25-3/h5-6,9-10,14,17H,4,7-8,11-13H2,1-3H3,(H,20,23)(H,21,24)/t14-,17-/m0/s1. The second-order valence-electron chi connectivity index (χ2n) is 6.54. The Bertz CT molecular complexity index is 585. The second-order valence-corrected chi connectivity index (χ2v) is 6.54. The predicted octanol–water partition coefficient (Wildman–Crippen LogP) is 2.53. The fourth-order valence-corrected chi connectivity index (χ4v) is 2.99. The number of nitrogens with zero attached hydrogens (tertiary/aromatic N) is 1. The summed E-state index contributed by atoms with van der Waals surface area (Å²) in [5, 5.41) is 5.85. The Morgan fingerprint density at radius 3 is 2.56 bits per heavy atom. The molecule has 3 amide bonds. The number of methoxy groups -OCH3 is 1. The highest BCUT2D eigenvalue weighted by Gasteiger charge is 2.28. The van der Waals surface area contributed by atoms with E-state index in [1.165, 1.54) is 0 Å². The number of hydrogen-bond donors (Lipinski definition) is 2. The molecule has 1 heterocycles. The van der Waals surface area contributed by atoms with Crippen molar-refractivity contribution in [2.24, 2.45) is 5.92 Å². The molecule has 1 fully saturated rings. The minimum Gasteiger partial charge on any atom is -0.496 e. The largest absolute Gasteiger partial charge is 0.496 e. The molecule has 0 bridgehead atoms. The van der Waals surface area contributed by atoms with E-state index in [0.29, 0.717) is 6.54 Å². The first-order chi connectivity index (χ1) is 12.1. The summed E-state index contributed by atoms with van der Waals surface area (Å²) in [5.41, 5.74) is 0.909. The molecule has 0 aliphatic carbocycles. The quantitative estimate of drug-likeness (QED) is 0.796. The lowest BCUT2D eigenvalue weighted by molar-refractivity contribution is -0.124. The highest BCUT2D eigenvalue weighted by Crippen LogP contribution is 2.17. The minimum absolute atomic E-state index is 0.0595. The predicted molar refractivity (Wildman–Crippen MR) is 97.4 cm³/mol. The van der Waals surface area contributed by atoms with Crippen LogP contribution in [0, 0.1) is 5.92 Å². The van der Waals surface area contributed by atoms with E-state index in [2.05, 4.69) is 10.6 Å². The van der Waals surface area contributed by atoms with Crippen LogP contribution >= 0.6 is 0 Å². The van der Waals surface area contributed by atoms with E-state index >= 15 is 0 Å². The van der Waals surface area contributed by atoms with Crippen molar-refractivity contribution in [1.29, 1.82) is 0 Å². The molecule has 6 nitrogen and oxygen atoms in total. The molecule has 0 radical (unpaired) electrons. The minimum atomic E-state index is -0.534. The van der Waals surface area contributed by atoms with Crippen LogP contribution in [0.2, 0.25) is 0 Å². The number of para-hydroxylation sites is 1. The SMILES string of the molecule is CC[C@H](C)[C@H](NC(=O)N1CCCC1)C(=O)NCc1ccccc1OC. The number of benzene rings is 1. The summed E-state index contributed by atoms with van der Waals surface area (Å²) in [4.78, 5) is 26.8. The van der Waals surface area contributed by atoms with Crippen LogP contribution in [0.25, 0.3) is 0 Å². The van der Waals surface area contributed by atoms with Gasteiger partial charge < -0.3 is 20.3 Å². The second kappa shape index (κ2) is 9.30. The molecule has 1 aliphatic heterocycles. The summed E-state index contributed by atoms with van der Waals surface area (Å²) in [6.07, 6.45) is 2.87. The normalized spacial score (nSPS) is 16.2. The van der Waals surface area contributed by atoms with Crippen molar-refractivity contribution >= 4 is 11.9 Å². The molecule has 1 aliphatic rings. The van der Waals surface area contributed by atoms with Gasteiger partial charge in [0.05, 0.1) is 7.11 Å². The molecule has 2 atom stereocenters. The molecule has 0 aromatic heterocycles. The summed E-state index contributed by atoms with van der Waals surface area (Å²) in [6.45, 7) is 5.91. The number of amides is 3. The Labute approximate surface area is 149 Å². The molecule has 1 aromatic carbocycles. The van der Waals surface area contributed by atoms with E-state index in [4.69, 9.17) is 4.74 Å². The number of hydrogen-bond acceptors (Lipinski definition) is 3. The van der Waals surface area contributed by atoms with Crippen LogP contribution in [0.1, 0.15) is 38.7 Å². The number of ether oxygens (including phenoxy) is 1. The summed E-state index contributed by atoms with van der Waals surface area (Å²) < 4.78 is 5.31. The molecule has 6 heteroatoms. The fraction of sp³-hybridized carbons (Fsp3) is 0.579. The van der Waals surface area contributed by atoms with Crippen LogP contribution in [-0.2, 0) is 11.3 Å². The van der Waals surface area contributed by atoms with E-state index in [-0.39, 0.29) is 17.9 Å². The third kappa shape index (κ3) is 5.11. The van der Waals surface area contributed by atoms with Gasteiger partial charge in [-0.3, -0.25) is 4.79 Å². The topological polar surface area (TPSA) is 70.7 Å². The van der Waals surface area contributed by atoms with Crippen LogP contribution in [0.3, 0.4) is 0 Å². The summed E-state index contributed by atoms with van der Waals surface area (Å²) in [7, 11) is 1.61. The highest BCUT2D eigenvalue weighted by atomic mass is 16.5. The van der Waals surface area contributed by atoms with Gasteiger partial charge in [0.1, 0.15) is 11.8 Å². The first-order valence-corrected chi connectivity index (χ1v) is 9.01. The summed E-state index contributed by atoms with van der Waals surface area (Å²) in [6, 6.07) is 6.90. The number of rotatable bonds is 7. The van der Waals surface area contributed by atoms with Gasteiger partial charge in [-0.2, -0.15) is 0 Å². The fourth-order valence-electron chi connectivity index (χ4n) is 2.99. The Balaban J connectivity index is 1.98. The van der Waals surface area contributed by atoms with Crippen LogP contribution in [-0.4, -0.2) is 43.1 Å². The third-order valence-corrected chi connectivity index (χ3v) is 4.81. The van der Waals surface area contributed by atoms with Gasteiger partial charge in [-0.25, -0.2) is 4.79 Å². The van der Waals surface area contributed by atoms with Crippen molar-refractivity contribution < 1.29 is 14.3 Å². The average molecular weight is 347 g/mol. The molecule has 0 saturated carbocycles.